The zero-order chi connectivity index (χ0) is 24.6. The first-order valence-corrected chi connectivity index (χ1v) is 11.7. The smallest absolute Gasteiger partial charge is 0.273 e. The molecule has 1 atom stereocenters. The third kappa shape index (κ3) is 4.14. The lowest BCUT2D eigenvalue weighted by molar-refractivity contribution is -0.133. The Morgan fingerprint density at radius 2 is 1.71 bits per heavy atom. The molecule has 1 N–H and O–H groups in total. The molecule has 0 fully saturated rings. The second-order valence-electron chi connectivity index (χ2n) is 9.25. The molecule has 7 heteroatoms. The molecule has 1 aliphatic rings. The number of carbonyl (C=O) groups excluding carboxylic acids is 2. The van der Waals surface area contributed by atoms with Crippen LogP contribution in [0.2, 0.25) is 0 Å². The first kappa shape index (κ1) is 22.7. The first-order chi connectivity index (χ1) is 16.9. The average molecular weight is 469 g/mol. The van der Waals surface area contributed by atoms with E-state index in [4.69, 9.17) is 4.42 Å². The van der Waals surface area contributed by atoms with E-state index in [-0.39, 0.29) is 18.4 Å². The summed E-state index contributed by atoms with van der Waals surface area (Å²) >= 11 is 0. The molecule has 0 radical (unpaired) electrons. The lowest BCUT2D eigenvalue weighted by Crippen LogP contribution is -2.63. The number of hydrogen-bond acceptors (Lipinski definition) is 4. The van der Waals surface area contributed by atoms with Crippen molar-refractivity contribution in [2.45, 2.75) is 45.9 Å². The van der Waals surface area contributed by atoms with Crippen molar-refractivity contribution in [2.75, 3.05) is 0 Å². The molecule has 0 aliphatic carbocycles. The van der Waals surface area contributed by atoms with Gasteiger partial charge in [-0.1, -0.05) is 48.5 Å². The largest absolute Gasteiger partial charge is 0.463 e. The monoisotopic (exact) mass is 468 g/mol. The van der Waals surface area contributed by atoms with E-state index in [2.05, 4.69) is 10.4 Å². The number of fused-ring (bicyclic) bond motifs is 1. The van der Waals surface area contributed by atoms with Crippen molar-refractivity contribution in [2.24, 2.45) is 0 Å². The van der Waals surface area contributed by atoms with Crippen molar-refractivity contribution in [3.63, 3.8) is 0 Å². The molecule has 0 saturated heterocycles. The van der Waals surface area contributed by atoms with Crippen molar-refractivity contribution in [3.8, 4) is 11.5 Å². The highest BCUT2D eigenvalue weighted by atomic mass is 16.3. The van der Waals surface area contributed by atoms with E-state index in [1.807, 2.05) is 69.3 Å². The zero-order valence-corrected chi connectivity index (χ0v) is 20.1. The van der Waals surface area contributed by atoms with Crippen molar-refractivity contribution in [3.05, 3.63) is 101 Å². The number of carbonyl (C=O) groups is 2. The molecule has 2 amide bonds. The summed E-state index contributed by atoms with van der Waals surface area (Å²) in [6.07, 6.45) is 1.57. The van der Waals surface area contributed by atoms with Gasteiger partial charge in [-0.2, -0.15) is 5.10 Å². The molecule has 3 heterocycles. The highest BCUT2D eigenvalue weighted by molar-refractivity contribution is 6.00. The van der Waals surface area contributed by atoms with Gasteiger partial charge in [-0.15, -0.1) is 0 Å². The highest BCUT2D eigenvalue weighted by Gasteiger charge is 2.48. The maximum absolute atomic E-state index is 13.8. The minimum Gasteiger partial charge on any atom is -0.463 e. The number of nitrogens with zero attached hydrogens (tertiary/aromatic N) is 3. The third-order valence-corrected chi connectivity index (χ3v) is 6.85. The van der Waals surface area contributed by atoms with E-state index in [1.165, 1.54) is 0 Å². The Morgan fingerprint density at radius 3 is 2.37 bits per heavy atom. The normalized spacial score (nSPS) is 17.3. The Hall–Kier alpha value is -4.13. The molecule has 178 valence electrons. The van der Waals surface area contributed by atoms with Crippen molar-refractivity contribution in [1.29, 1.82) is 0 Å². The molecule has 0 saturated carbocycles. The molecule has 2 aromatic heterocycles. The Morgan fingerprint density at radius 1 is 1.03 bits per heavy atom. The standard InChI is InChI=1S/C28H28N4O3/c1-19-9-4-6-11-21(19)16-29-27(34)28(3)18-32-24(15-23(30-32)25-13-8-14-35-25)26(33)31(28)17-22-12-7-5-10-20(22)2/h4-15H,16-18H2,1-3H3,(H,29,34). The minimum absolute atomic E-state index is 0.219. The van der Waals surface area contributed by atoms with Crippen LogP contribution in [0.3, 0.4) is 0 Å². The van der Waals surface area contributed by atoms with Crippen LogP contribution in [0.5, 0.6) is 0 Å². The number of amides is 2. The lowest BCUT2D eigenvalue weighted by atomic mass is 9.93. The Balaban J connectivity index is 1.51. The summed E-state index contributed by atoms with van der Waals surface area (Å²) < 4.78 is 7.12. The molecule has 5 rings (SSSR count). The summed E-state index contributed by atoms with van der Waals surface area (Å²) in [6.45, 7) is 6.79. The number of aryl methyl sites for hydroxylation is 2. The van der Waals surface area contributed by atoms with Gasteiger partial charge >= 0.3 is 0 Å². The Labute approximate surface area is 204 Å². The molecule has 0 spiro atoms. The van der Waals surface area contributed by atoms with Gasteiger partial charge in [0.2, 0.25) is 5.91 Å². The van der Waals surface area contributed by atoms with E-state index in [1.54, 1.807) is 34.0 Å². The second-order valence-corrected chi connectivity index (χ2v) is 9.25. The number of benzene rings is 2. The van der Waals surface area contributed by atoms with Crippen LogP contribution >= 0.6 is 0 Å². The summed E-state index contributed by atoms with van der Waals surface area (Å²) in [6, 6.07) is 21.2. The summed E-state index contributed by atoms with van der Waals surface area (Å²) in [5, 5.41) is 7.68. The van der Waals surface area contributed by atoms with Gasteiger partial charge in [-0.25, -0.2) is 0 Å². The Bertz CT molecular complexity index is 1390. The van der Waals surface area contributed by atoms with E-state index >= 15 is 0 Å². The van der Waals surface area contributed by atoms with Crippen LogP contribution in [0, 0.1) is 13.8 Å². The van der Waals surface area contributed by atoms with Gasteiger partial charge in [0.1, 0.15) is 16.9 Å². The van der Waals surface area contributed by atoms with Gasteiger partial charge in [0, 0.05) is 19.2 Å². The van der Waals surface area contributed by atoms with E-state index in [0.717, 1.165) is 22.3 Å². The first-order valence-electron chi connectivity index (χ1n) is 11.7. The quantitative estimate of drug-likeness (QED) is 0.452. The van der Waals surface area contributed by atoms with Crippen LogP contribution < -0.4 is 5.32 Å². The predicted octanol–water partition coefficient (Wildman–Crippen LogP) is 4.49. The number of rotatable bonds is 6. The van der Waals surface area contributed by atoms with Crippen LogP contribution in [0.15, 0.2) is 77.4 Å². The number of hydrogen-bond donors (Lipinski definition) is 1. The molecule has 1 aliphatic heterocycles. The van der Waals surface area contributed by atoms with Crippen LogP contribution in [-0.4, -0.2) is 32.0 Å². The van der Waals surface area contributed by atoms with E-state index in [9.17, 15) is 9.59 Å². The molecule has 1 unspecified atom stereocenters. The van der Waals surface area contributed by atoms with Crippen LogP contribution in [0.1, 0.15) is 39.7 Å². The third-order valence-electron chi connectivity index (χ3n) is 6.85. The SMILES string of the molecule is Cc1ccccc1CNC(=O)C1(C)Cn2nc(-c3ccco3)cc2C(=O)N1Cc1ccccc1C. The van der Waals surface area contributed by atoms with Crippen LogP contribution in [0.4, 0.5) is 0 Å². The highest BCUT2D eigenvalue weighted by Crippen LogP contribution is 2.32. The topological polar surface area (TPSA) is 80.4 Å². The maximum atomic E-state index is 13.8. The predicted molar refractivity (Wildman–Crippen MR) is 132 cm³/mol. The molecular formula is C28H28N4O3. The summed E-state index contributed by atoms with van der Waals surface area (Å²) in [5.41, 5.74) is 4.08. The molecule has 2 aromatic carbocycles. The fourth-order valence-electron chi connectivity index (χ4n) is 4.57. The number of nitrogens with one attached hydrogen (secondary N) is 1. The summed E-state index contributed by atoms with van der Waals surface area (Å²) in [5.74, 6) is 0.123. The zero-order valence-electron chi connectivity index (χ0n) is 20.1. The van der Waals surface area contributed by atoms with Gasteiger partial charge in [-0.3, -0.25) is 14.3 Å². The fourth-order valence-corrected chi connectivity index (χ4v) is 4.57. The van der Waals surface area contributed by atoms with Gasteiger partial charge in [0.25, 0.3) is 5.91 Å². The van der Waals surface area contributed by atoms with Crippen molar-refractivity contribution >= 4 is 11.8 Å². The van der Waals surface area contributed by atoms with E-state index < -0.39 is 5.54 Å². The Kier molecular flexibility index (Phi) is 5.76. The van der Waals surface area contributed by atoms with Crippen LogP contribution in [0.25, 0.3) is 11.5 Å². The molecule has 35 heavy (non-hydrogen) atoms. The summed E-state index contributed by atoms with van der Waals surface area (Å²) in [7, 11) is 0. The second kappa shape index (κ2) is 8.91. The summed E-state index contributed by atoms with van der Waals surface area (Å²) in [4.78, 5) is 29.2. The van der Waals surface area contributed by atoms with Gasteiger partial charge < -0.3 is 14.6 Å². The molecule has 4 aromatic rings. The van der Waals surface area contributed by atoms with Crippen molar-refractivity contribution in [1.82, 2.24) is 20.0 Å². The van der Waals surface area contributed by atoms with E-state index in [0.29, 0.717) is 30.2 Å². The maximum Gasteiger partial charge on any atom is 0.273 e. The van der Waals surface area contributed by atoms with Gasteiger partial charge in [-0.05, 0) is 55.2 Å². The van der Waals surface area contributed by atoms with Gasteiger partial charge in [0.15, 0.2) is 5.76 Å². The van der Waals surface area contributed by atoms with Crippen molar-refractivity contribution < 1.29 is 14.0 Å². The number of furan rings is 1. The van der Waals surface area contributed by atoms with Crippen LogP contribution in [-0.2, 0) is 24.4 Å². The molecule has 0 bridgehead atoms. The molecule has 7 nitrogen and oxygen atoms in total. The average Bonchev–Trinajstić information content (AvgIpc) is 3.52. The number of aromatic nitrogens is 2. The lowest BCUT2D eigenvalue weighted by Gasteiger charge is -2.43. The minimum atomic E-state index is -1.14. The fraction of sp³-hybridized carbons (Fsp3) is 0.250. The molecular weight excluding hydrogens is 440 g/mol. The van der Waals surface area contributed by atoms with Gasteiger partial charge in [0.05, 0.1) is 12.8 Å².